The fourth-order valence-electron chi connectivity index (χ4n) is 3.79. The SMILES string of the molecule is Cc1ccc(CNC(=O)CSc2nc(=O)n(Cc3ccncc3)c3c2CCCC3)cc1. The normalized spacial score (nSPS) is 12.9. The van der Waals surface area contributed by atoms with Gasteiger partial charge in [-0.3, -0.25) is 14.3 Å². The number of carbonyl (C=O) groups is 1. The van der Waals surface area contributed by atoms with Crippen LogP contribution in [0.5, 0.6) is 0 Å². The van der Waals surface area contributed by atoms with Crippen LogP contribution in [0, 0.1) is 6.92 Å². The predicted octanol–water partition coefficient (Wildman–Crippen LogP) is 3.28. The van der Waals surface area contributed by atoms with Crippen molar-refractivity contribution in [2.45, 2.75) is 50.7 Å². The van der Waals surface area contributed by atoms with Crippen molar-refractivity contribution in [1.29, 1.82) is 0 Å². The van der Waals surface area contributed by atoms with Gasteiger partial charge in [-0.2, -0.15) is 4.98 Å². The number of amides is 1. The van der Waals surface area contributed by atoms with Crippen LogP contribution in [0.25, 0.3) is 0 Å². The molecule has 1 aliphatic rings. The summed E-state index contributed by atoms with van der Waals surface area (Å²) in [5.41, 5.74) is 5.22. The highest BCUT2D eigenvalue weighted by atomic mass is 32.2. The number of aromatic nitrogens is 3. The molecule has 4 rings (SSSR count). The van der Waals surface area contributed by atoms with Gasteiger partial charge in [0.25, 0.3) is 0 Å². The summed E-state index contributed by atoms with van der Waals surface area (Å²) in [5, 5.41) is 3.66. The molecule has 0 aliphatic heterocycles. The molecule has 0 saturated heterocycles. The number of fused-ring (bicyclic) bond motifs is 1. The summed E-state index contributed by atoms with van der Waals surface area (Å²) in [6, 6.07) is 11.9. The molecule has 7 heteroatoms. The molecule has 0 spiro atoms. The first kappa shape index (κ1) is 21.3. The number of pyridine rings is 1. The van der Waals surface area contributed by atoms with Gasteiger partial charge in [0.15, 0.2) is 0 Å². The zero-order valence-electron chi connectivity index (χ0n) is 17.6. The minimum Gasteiger partial charge on any atom is -0.351 e. The molecule has 1 amide bonds. The largest absolute Gasteiger partial charge is 0.351 e. The molecule has 1 aromatic carbocycles. The Morgan fingerprint density at radius 1 is 1.06 bits per heavy atom. The first-order valence-electron chi connectivity index (χ1n) is 10.6. The van der Waals surface area contributed by atoms with E-state index in [1.165, 1.54) is 17.3 Å². The summed E-state index contributed by atoms with van der Waals surface area (Å²) in [6.07, 6.45) is 7.38. The number of hydrogen-bond donors (Lipinski definition) is 1. The number of nitrogens with one attached hydrogen (secondary N) is 1. The molecule has 0 fully saturated rings. The highest BCUT2D eigenvalue weighted by Gasteiger charge is 2.21. The van der Waals surface area contributed by atoms with Crippen LogP contribution in [0.1, 0.15) is 40.8 Å². The van der Waals surface area contributed by atoms with Crippen molar-refractivity contribution in [1.82, 2.24) is 19.9 Å². The lowest BCUT2D eigenvalue weighted by Crippen LogP contribution is -2.31. The quantitative estimate of drug-likeness (QED) is 0.456. The second kappa shape index (κ2) is 9.92. The smallest absolute Gasteiger partial charge is 0.349 e. The van der Waals surface area contributed by atoms with Crippen LogP contribution in [-0.2, 0) is 30.7 Å². The summed E-state index contributed by atoms with van der Waals surface area (Å²) in [4.78, 5) is 33.6. The third-order valence-corrected chi connectivity index (χ3v) is 6.51. The van der Waals surface area contributed by atoms with Crippen molar-refractivity contribution < 1.29 is 4.79 Å². The van der Waals surface area contributed by atoms with E-state index >= 15 is 0 Å². The molecule has 0 unspecified atom stereocenters. The van der Waals surface area contributed by atoms with E-state index in [4.69, 9.17) is 0 Å². The van der Waals surface area contributed by atoms with Gasteiger partial charge in [0, 0.05) is 30.2 Å². The molecule has 0 radical (unpaired) electrons. The zero-order chi connectivity index (χ0) is 21.6. The first-order chi connectivity index (χ1) is 15.1. The second-order valence-corrected chi connectivity index (χ2v) is 8.79. The summed E-state index contributed by atoms with van der Waals surface area (Å²) >= 11 is 1.36. The number of thioether (sulfide) groups is 1. The minimum absolute atomic E-state index is 0.0575. The van der Waals surface area contributed by atoms with E-state index in [2.05, 4.69) is 15.3 Å². The van der Waals surface area contributed by atoms with Crippen molar-refractivity contribution in [2.24, 2.45) is 0 Å². The van der Waals surface area contributed by atoms with Gasteiger partial charge in [0.2, 0.25) is 5.91 Å². The Labute approximate surface area is 186 Å². The summed E-state index contributed by atoms with van der Waals surface area (Å²) in [5.74, 6) is 0.192. The van der Waals surface area contributed by atoms with Gasteiger partial charge in [0.05, 0.1) is 12.3 Å². The van der Waals surface area contributed by atoms with Crippen molar-refractivity contribution >= 4 is 17.7 Å². The summed E-state index contributed by atoms with van der Waals surface area (Å²) < 4.78 is 1.78. The Morgan fingerprint density at radius 3 is 2.58 bits per heavy atom. The second-order valence-electron chi connectivity index (χ2n) is 7.82. The molecule has 6 nitrogen and oxygen atoms in total. The third kappa shape index (κ3) is 5.41. The van der Waals surface area contributed by atoms with Crippen molar-refractivity contribution in [3.8, 4) is 0 Å². The molecule has 1 N–H and O–H groups in total. The minimum atomic E-state index is -0.250. The molecule has 2 heterocycles. The van der Waals surface area contributed by atoms with Crippen LogP contribution in [0.4, 0.5) is 0 Å². The predicted molar refractivity (Wildman–Crippen MR) is 122 cm³/mol. The van der Waals surface area contributed by atoms with E-state index in [9.17, 15) is 9.59 Å². The monoisotopic (exact) mass is 434 g/mol. The van der Waals surface area contributed by atoms with Crippen LogP contribution in [-0.4, -0.2) is 26.2 Å². The highest BCUT2D eigenvalue weighted by molar-refractivity contribution is 7.99. The molecular weight excluding hydrogens is 408 g/mol. The van der Waals surface area contributed by atoms with E-state index in [0.29, 0.717) is 18.1 Å². The van der Waals surface area contributed by atoms with Gasteiger partial charge < -0.3 is 5.32 Å². The average molecular weight is 435 g/mol. The van der Waals surface area contributed by atoms with Gasteiger partial charge in [-0.05, 0) is 55.9 Å². The third-order valence-electron chi connectivity index (χ3n) is 5.49. The number of nitrogens with zero attached hydrogens (tertiary/aromatic N) is 3. The lowest BCUT2D eigenvalue weighted by atomic mass is 9.97. The van der Waals surface area contributed by atoms with E-state index in [1.54, 1.807) is 17.0 Å². The summed E-state index contributed by atoms with van der Waals surface area (Å²) in [6.45, 7) is 3.04. The van der Waals surface area contributed by atoms with Crippen molar-refractivity contribution in [3.05, 3.63) is 87.2 Å². The van der Waals surface area contributed by atoms with Gasteiger partial charge >= 0.3 is 5.69 Å². The van der Waals surface area contributed by atoms with Crippen molar-refractivity contribution in [2.75, 3.05) is 5.75 Å². The maximum atomic E-state index is 12.8. The number of rotatable bonds is 7. The lowest BCUT2D eigenvalue weighted by Gasteiger charge is -2.22. The van der Waals surface area contributed by atoms with Gasteiger partial charge in [-0.1, -0.05) is 41.6 Å². The molecular formula is C24H26N4O2S. The fraction of sp³-hybridized carbons (Fsp3) is 0.333. The average Bonchev–Trinajstić information content (AvgIpc) is 2.80. The molecule has 3 aromatic rings. The van der Waals surface area contributed by atoms with Crippen LogP contribution in [0.15, 0.2) is 58.6 Å². The molecule has 2 aromatic heterocycles. The van der Waals surface area contributed by atoms with Crippen LogP contribution in [0.2, 0.25) is 0 Å². The standard InChI is InChI=1S/C24H26N4O2S/c1-17-6-8-18(9-7-17)14-26-22(29)16-31-23-20-4-2-3-5-21(20)28(24(30)27-23)15-19-10-12-25-13-11-19/h6-13H,2-5,14-16H2,1H3,(H,26,29). The molecule has 0 saturated carbocycles. The Hall–Kier alpha value is -2.93. The molecule has 1 aliphatic carbocycles. The van der Waals surface area contributed by atoms with Crippen LogP contribution in [0.3, 0.4) is 0 Å². The Morgan fingerprint density at radius 2 is 1.81 bits per heavy atom. The number of benzene rings is 1. The summed E-state index contributed by atoms with van der Waals surface area (Å²) in [7, 11) is 0. The molecule has 0 bridgehead atoms. The lowest BCUT2D eigenvalue weighted by molar-refractivity contribution is -0.118. The van der Waals surface area contributed by atoms with E-state index in [0.717, 1.165) is 48.1 Å². The Bertz CT molecular complexity index is 1110. The van der Waals surface area contributed by atoms with Crippen molar-refractivity contribution in [3.63, 3.8) is 0 Å². The van der Waals surface area contributed by atoms with E-state index in [1.807, 2.05) is 43.3 Å². The maximum absolute atomic E-state index is 12.8. The maximum Gasteiger partial charge on any atom is 0.349 e. The first-order valence-corrected chi connectivity index (χ1v) is 11.6. The zero-order valence-corrected chi connectivity index (χ0v) is 18.5. The molecule has 31 heavy (non-hydrogen) atoms. The number of aryl methyl sites for hydroxylation is 1. The molecule has 0 atom stereocenters. The van der Waals surface area contributed by atoms with Gasteiger partial charge in [-0.25, -0.2) is 4.79 Å². The van der Waals surface area contributed by atoms with Crippen LogP contribution >= 0.6 is 11.8 Å². The van der Waals surface area contributed by atoms with E-state index < -0.39 is 0 Å². The Balaban J connectivity index is 1.46. The number of hydrogen-bond acceptors (Lipinski definition) is 5. The van der Waals surface area contributed by atoms with Gasteiger partial charge in [0.1, 0.15) is 5.03 Å². The Kier molecular flexibility index (Phi) is 6.82. The van der Waals surface area contributed by atoms with E-state index in [-0.39, 0.29) is 17.3 Å². The topological polar surface area (TPSA) is 76.9 Å². The highest BCUT2D eigenvalue weighted by Crippen LogP contribution is 2.28. The number of carbonyl (C=O) groups excluding carboxylic acids is 1. The molecule has 160 valence electrons. The van der Waals surface area contributed by atoms with Crippen LogP contribution < -0.4 is 11.0 Å². The van der Waals surface area contributed by atoms with Gasteiger partial charge in [-0.15, -0.1) is 0 Å². The fourth-order valence-corrected chi connectivity index (χ4v) is 4.70.